The van der Waals surface area contributed by atoms with E-state index in [1.165, 1.54) is 95.6 Å². The van der Waals surface area contributed by atoms with Gasteiger partial charge in [0.25, 0.3) is 0 Å². The molecule has 5 heteroatoms. The van der Waals surface area contributed by atoms with Gasteiger partial charge in [-0.05, 0) is 30.5 Å². The van der Waals surface area contributed by atoms with E-state index in [-0.39, 0.29) is 24.1 Å². The van der Waals surface area contributed by atoms with Gasteiger partial charge in [-0.2, -0.15) is 0 Å². The minimum absolute atomic E-state index is 0.0528. The van der Waals surface area contributed by atoms with Crippen LogP contribution in [0.25, 0.3) is 0 Å². The lowest BCUT2D eigenvalue weighted by Crippen LogP contribution is -2.15. The summed E-state index contributed by atoms with van der Waals surface area (Å²) in [5.41, 5.74) is 0.643. The van der Waals surface area contributed by atoms with E-state index in [0.717, 1.165) is 38.5 Å². The van der Waals surface area contributed by atoms with Gasteiger partial charge in [-0.3, -0.25) is 4.79 Å². The summed E-state index contributed by atoms with van der Waals surface area (Å²) in [5.74, 6) is 0.0136. The molecule has 1 unspecified atom stereocenters. The summed E-state index contributed by atoms with van der Waals surface area (Å²) >= 11 is 0. The third kappa shape index (κ3) is 17.4. The molecule has 0 aliphatic rings. The monoisotopic (exact) mass is 532 g/mol. The van der Waals surface area contributed by atoms with Gasteiger partial charge < -0.3 is 19.7 Å². The molecule has 0 fully saturated rings. The van der Waals surface area contributed by atoms with Gasteiger partial charge in [0.1, 0.15) is 6.61 Å². The molecule has 0 saturated heterocycles. The Morgan fingerprint density at radius 1 is 0.711 bits per heavy atom. The van der Waals surface area contributed by atoms with E-state index in [1.807, 2.05) is 0 Å². The molecule has 2 N–H and O–H groups in total. The van der Waals surface area contributed by atoms with E-state index in [0.29, 0.717) is 17.7 Å². The molecule has 0 aliphatic carbocycles. The molecular formula is C33H56O5. The van der Waals surface area contributed by atoms with E-state index < -0.39 is 6.10 Å². The summed E-state index contributed by atoms with van der Waals surface area (Å²) in [6, 6.07) is 4.56. The van der Waals surface area contributed by atoms with Crippen LogP contribution in [0.4, 0.5) is 0 Å². The fourth-order valence-electron chi connectivity index (χ4n) is 4.65. The van der Waals surface area contributed by atoms with Crippen LogP contribution >= 0.6 is 0 Å². The maximum absolute atomic E-state index is 12.4. The number of phenolic OH excluding ortho intramolecular Hbond substituents is 2. The molecule has 0 saturated carbocycles. The highest BCUT2D eigenvalue weighted by molar-refractivity contribution is 5.69. The molecular weight excluding hydrogens is 476 g/mol. The van der Waals surface area contributed by atoms with Crippen molar-refractivity contribution in [1.82, 2.24) is 0 Å². The SMILES string of the molecule is C=C(CCCCCCCCCCC)OC(COC(=O)CCCCCCCCCCC)c1ccc(O)c(O)c1. The molecule has 1 aromatic carbocycles. The quantitative estimate of drug-likeness (QED) is 0.0567. The van der Waals surface area contributed by atoms with E-state index in [4.69, 9.17) is 9.47 Å². The summed E-state index contributed by atoms with van der Waals surface area (Å²) in [4.78, 5) is 12.4. The number of carbonyl (C=O) groups is 1. The fraction of sp³-hybridized carbons (Fsp3) is 0.727. The Hall–Kier alpha value is -2.17. The number of allylic oxidation sites excluding steroid dienone is 1. The molecule has 0 radical (unpaired) electrons. The van der Waals surface area contributed by atoms with E-state index in [9.17, 15) is 15.0 Å². The second kappa shape index (κ2) is 22.8. The smallest absolute Gasteiger partial charge is 0.305 e. The van der Waals surface area contributed by atoms with Crippen molar-refractivity contribution in [2.75, 3.05) is 6.61 Å². The maximum atomic E-state index is 12.4. The molecule has 38 heavy (non-hydrogen) atoms. The number of ether oxygens (including phenoxy) is 2. The van der Waals surface area contributed by atoms with Crippen LogP contribution in [0.3, 0.4) is 0 Å². The minimum atomic E-state index is -0.570. The summed E-state index contributed by atoms with van der Waals surface area (Å²) in [5, 5.41) is 19.7. The third-order valence-electron chi connectivity index (χ3n) is 7.12. The summed E-state index contributed by atoms with van der Waals surface area (Å²) in [7, 11) is 0. The topological polar surface area (TPSA) is 76.0 Å². The third-order valence-corrected chi connectivity index (χ3v) is 7.12. The number of hydrogen-bond donors (Lipinski definition) is 2. The van der Waals surface area contributed by atoms with Crippen LogP contribution in [0.2, 0.25) is 0 Å². The van der Waals surface area contributed by atoms with Gasteiger partial charge in [0.2, 0.25) is 0 Å². The molecule has 1 aromatic rings. The summed E-state index contributed by atoms with van der Waals surface area (Å²) < 4.78 is 11.6. The first-order chi connectivity index (χ1) is 18.5. The predicted octanol–water partition coefficient (Wildman–Crippen LogP) is 10.1. The zero-order valence-electron chi connectivity index (χ0n) is 24.5. The molecule has 0 bridgehead atoms. The number of carbonyl (C=O) groups excluding carboxylic acids is 1. The number of hydrogen-bond acceptors (Lipinski definition) is 5. The van der Waals surface area contributed by atoms with Crippen LogP contribution in [0.1, 0.15) is 154 Å². The Balaban J connectivity index is 2.37. The number of esters is 1. The second-order valence-electron chi connectivity index (χ2n) is 10.7. The molecule has 1 atom stereocenters. The van der Waals surface area contributed by atoms with Crippen LogP contribution in [0, 0.1) is 0 Å². The molecule has 0 spiro atoms. The lowest BCUT2D eigenvalue weighted by molar-refractivity contribution is -0.147. The predicted molar refractivity (Wildman–Crippen MR) is 157 cm³/mol. The van der Waals surface area contributed by atoms with Crippen LogP contribution in [-0.4, -0.2) is 22.8 Å². The molecule has 0 aliphatic heterocycles. The summed E-state index contributed by atoms with van der Waals surface area (Å²) in [6.07, 6.45) is 22.7. The number of aromatic hydroxyl groups is 2. The molecule has 218 valence electrons. The Bertz CT molecular complexity index is 745. The minimum Gasteiger partial charge on any atom is -0.504 e. The molecule has 0 aromatic heterocycles. The lowest BCUT2D eigenvalue weighted by atomic mass is 10.1. The Morgan fingerprint density at radius 2 is 1.18 bits per heavy atom. The fourth-order valence-corrected chi connectivity index (χ4v) is 4.65. The van der Waals surface area contributed by atoms with Crippen molar-refractivity contribution in [1.29, 1.82) is 0 Å². The van der Waals surface area contributed by atoms with Crippen LogP contribution in [-0.2, 0) is 14.3 Å². The highest BCUT2D eigenvalue weighted by atomic mass is 16.6. The van der Waals surface area contributed by atoms with Gasteiger partial charge in [-0.15, -0.1) is 0 Å². The van der Waals surface area contributed by atoms with Gasteiger partial charge in [-0.25, -0.2) is 0 Å². The van der Waals surface area contributed by atoms with Crippen molar-refractivity contribution in [2.24, 2.45) is 0 Å². The standard InChI is InChI=1S/C33H56O5/c1-4-6-8-10-12-14-16-18-20-22-28(3)38-32(29-24-25-30(34)31(35)26-29)27-37-33(36)23-21-19-17-15-13-11-9-7-5-2/h24-26,32,34-35H,3-23,27H2,1-2H3. The molecule has 0 amide bonds. The van der Waals surface area contributed by atoms with Crippen molar-refractivity contribution in [3.8, 4) is 11.5 Å². The van der Waals surface area contributed by atoms with Gasteiger partial charge >= 0.3 is 5.97 Å². The number of benzene rings is 1. The Labute approximate surface area is 233 Å². The van der Waals surface area contributed by atoms with Crippen molar-refractivity contribution >= 4 is 5.97 Å². The highest BCUT2D eigenvalue weighted by Crippen LogP contribution is 2.31. The van der Waals surface area contributed by atoms with Gasteiger partial charge in [0.15, 0.2) is 17.6 Å². The van der Waals surface area contributed by atoms with Gasteiger partial charge in [0, 0.05) is 12.8 Å². The average molecular weight is 533 g/mol. The number of phenols is 2. The zero-order chi connectivity index (χ0) is 27.8. The van der Waals surface area contributed by atoms with Gasteiger partial charge in [-0.1, -0.05) is 129 Å². The van der Waals surface area contributed by atoms with Gasteiger partial charge in [0.05, 0.1) is 5.76 Å². The largest absolute Gasteiger partial charge is 0.504 e. The molecule has 1 rings (SSSR count). The Kier molecular flexibility index (Phi) is 20.3. The highest BCUT2D eigenvalue weighted by Gasteiger charge is 2.18. The molecule has 5 nitrogen and oxygen atoms in total. The molecule has 0 heterocycles. The zero-order valence-corrected chi connectivity index (χ0v) is 24.5. The Morgan fingerprint density at radius 3 is 1.68 bits per heavy atom. The van der Waals surface area contributed by atoms with Crippen molar-refractivity contribution in [3.05, 3.63) is 36.1 Å². The number of rotatable bonds is 25. The first-order valence-corrected chi connectivity index (χ1v) is 15.5. The van der Waals surface area contributed by atoms with E-state index >= 15 is 0 Å². The normalized spacial score (nSPS) is 11.8. The van der Waals surface area contributed by atoms with E-state index in [1.54, 1.807) is 6.07 Å². The summed E-state index contributed by atoms with van der Waals surface area (Å²) in [6.45, 7) is 8.61. The van der Waals surface area contributed by atoms with E-state index in [2.05, 4.69) is 20.4 Å². The second-order valence-corrected chi connectivity index (χ2v) is 10.7. The maximum Gasteiger partial charge on any atom is 0.305 e. The van der Waals surface area contributed by atoms with Crippen LogP contribution in [0.5, 0.6) is 11.5 Å². The average Bonchev–Trinajstić information content (AvgIpc) is 2.90. The van der Waals surface area contributed by atoms with Crippen molar-refractivity contribution < 1.29 is 24.5 Å². The van der Waals surface area contributed by atoms with Crippen LogP contribution in [0.15, 0.2) is 30.5 Å². The lowest BCUT2D eigenvalue weighted by Gasteiger charge is -2.21. The first-order valence-electron chi connectivity index (χ1n) is 15.5. The number of unbranched alkanes of at least 4 members (excludes halogenated alkanes) is 16. The first kappa shape index (κ1) is 33.9. The van der Waals surface area contributed by atoms with Crippen molar-refractivity contribution in [3.63, 3.8) is 0 Å². The van der Waals surface area contributed by atoms with Crippen molar-refractivity contribution in [2.45, 2.75) is 148 Å². The van der Waals surface area contributed by atoms with Crippen LogP contribution < -0.4 is 0 Å².